The Balaban J connectivity index is 1.34. The van der Waals surface area contributed by atoms with Crippen LogP contribution in [0.25, 0.3) is 10.2 Å². The summed E-state index contributed by atoms with van der Waals surface area (Å²) in [6.45, 7) is 2.45. The molecule has 8 heteroatoms. The van der Waals surface area contributed by atoms with Crippen molar-refractivity contribution in [1.82, 2.24) is 15.5 Å². The quantitative estimate of drug-likeness (QED) is 0.380. The number of amides is 2. The average molecular weight is 449 g/mol. The number of hydrogen-bond acceptors (Lipinski definition) is 5. The zero-order valence-corrected chi connectivity index (χ0v) is 18.7. The van der Waals surface area contributed by atoms with E-state index < -0.39 is 0 Å². The van der Waals surface area contributed by atoms with Crippen LogP contribution >= 0.6 is 11.3 Å². The number of benzene rings is 2. The Morgan fingerprint density at radius 3 is 2.59 bits per heavy atom. The second-order valence-electron chi connectivity index (χ2n) is 7.55. The normalized spacial score (nSPS) is 10.8. The lowest BCUT2D eigenvalue weighted by atomic mass is 10.1. The molecule has 0 aliphatic carbocycles. The molecule has 0 aliphatic heterocycles. The molecule has 0 bridgehead atoms. The third-order valence-corrected chi connectivity index (χ3v) is 6.03. The number of fused-ring (bicyclic) bond motifs is 1. The molecular weight excluding hydrogens is 424 g/mol. The molecule has 0 radical (unpaired) electrons. The van der Waals surface area contributed by atoms with E-state index in [0.29, 0.717) is 12.4 Å². The van der Waals surface area contributed by atoms with Crippen LogP contribution in [0, 0.1) is 6.92 Å². The first-order valence-electron chi connectivity index (χ1n) is 10.2. The van der Waals surface area contributed by atoms with E-state index in [0.717, 1.165) is 37.5 Å². The Kier molecular flexibility index (Phi) is 6.51. The number of aromatic nitrogens is 2. The summed E-state index contributed by atoms with van der Waals surface area (Å²) in [5.74, 6) is 1.15. The second kappa shape index (κ2) is 9.65. The maximum Gasteiger partial charge on any atom is 0.229 e. The van der Waals surface area contributed by atoms with E-state index in [-0.39, 0.29) is 24.7 Å². The number of carbonyl (C=O) groups is 2. The van der Waals surface area contributed by atoms with Gasteiger partial charge in [-0.3, -0.25) is 14.7 Å². The molecule has 0 spiro atoms. The Morgan fingerprint density at radius 1 is 1.03 bits per heavy atom. The van der Waals surface area contributed by atoms with Crippen LogP contribution in [0.5, 0.6) is 5.75 Å². The van der Waals surface area contributed by atoms with Crippen molar-refractivity contribution in [2.75, 3.05) is 12.4 Å². The van der Waals surface area contributed by atoms with Crippen LogP contribution in [-0.2, 0) is 29.0 Å². The zero-order valence-electron chi connectivity index (χ0n) is 17.9. The largest absolute Gasteiger partial charge is 0.497 e. The minimum absolute atomic E-state index is 0.0706. The Labute approximate surface area is 189 Å². The van der Waals surface area contributed by atoms with Gasteiger partial charge < -0.3 is 15.4 Å². The fourth-order valence-corrected chi connectivity index (χ4v) is 4.39. The number of H-pyrrole nitrogens is 1. The van der Waals surface area contributed by atoms with Crippen LogP contribution in [0.1, 0.15) is 21.6 Å². The van der Waals surface area contributed by atoms with Gasteiger partial charge in [0.1, 0.15) is 16.4 Å². The number of aromatic amines is 1. The second-order valence-corrected chi connectivity index (χ2v) is 8.66. The molecule has 2 aromatic carbocycles. The molecule has 32 heavy (non-hydrogen) atoms. The van der Waals surface area contributed by atoms with Crippen LogP contribution in [0.2, 0.25) is 0 Å². The van der Waals surface area contributed by atoms with Crippen LogP contribution < -0.4 is 15.4 Å². The number of carbonyl (C=O) groups excluding carboxylic acids is 2. The molecule has 0 aliphatic rings. The Hall–Kier alpha value is -3.65. The molecule has 7 nitrogen and oxygen atoms in total. The number of nitrogens with one attached hydrogen (secondary N) is 3. The summed E-state index contributed by atoms with van der Waals surface area (Å²) < 4.78 is 5.14. The van der Waals surface area contributed by atoms with Gasteiger partial charge in [-0.05, 0) is 36.2 Å². The first kappa shape index (κ1) is 21.6. The minimum Gasteiger partial charge on any atom is -0.497 e. The first-order chi connectivity index (χ1) is 15.5. The molecule has 4 aromatic rings. The van der Waals surface area contributed by atoms with Crippen molar-refractivity contribution in [2.24, 2.45) is 0 Å². The van der Waals surface area contributed by atoms with Crippen molar-refractivity contribution in [3.05, 3.63) is 76.2 Å². The summed E-state index contributed by atoms with van der Waals surface area (Å²) >= 11 is 1.44. The molecule has 2 aromatic heterocycles. The number of hydrogen-bond donors (Lipinski definition) is 3. The van der Waals surface area contributed by atoms with Crippen LogP contribution in [0.3, 0.4) is 0 Å². The number of ether oxygens (including phenoxy) is 1. The molecular formula is C24H24N4O3S. The van der Waals surface area contributed by atoms with E-state index in [9.17, 15) is 9.59 Å². The van der Waals surface area contributed by atoms with Gasteiger partial charge in [-0.25, -0.2) is 0 Å². The van der Waals surface area contributed by atoms with Crippen molar-refractivity contribution in [2.45, 2.75) is 26.3 Å². The number of methoxy groups -OCH3 is 1. The monoisotopic (exact) mass is 448 g/mol. The highest BCUT2D eigenvalue weighted by Crippen LogP contribution is 2.29. The van der Waals surface area contributed by atoms with Gasteiger partial charge in [-0.2, -0.15) is 5.10 Å². The van der Waals surface area contributed by atoms with E-state index in [1.807, 2.05) is 61.5 Å². The molecule has 0 fully saturated rings. The highest BCUT2D eigenvalue weighted by molar-refractivity contribution is 7.18. The summed E-state index contributed by atoms with van der Waals surface area (Å²) in [6, 6.07) is 17.3. The van der Waals surface area contributed by atoms with E-state index in [1.54, 1.807) is 7.11 Å². The SMILES string of the molecule is COc1ccc(CNC(=O)Cc2cc3c(NC(=O)Cc4cccc(C)c4)[nH]nc3s2)cc1. The predicted octanol–water partition coefficient (Wildman–Crippen LogP) is 3.98. The van der Waals surface area contributed by atoms with E-state index in [2.05, 4.69) is 20.8 Å². The molecule has 164 valence electrons. The van der Waals surface area contributed by atoms with Crippen molar-refractivity contribution < 1.29 is 14.3 Å². The van der Waals surface area contributed by atoms with Crippen LogP contribution in [-0.4, -0.2) is 29.1 Å². The maximum atomic E-state index is 12.5. The lowest BCUT2D eigenvalue weighted by Crippen LogP contribution is -2.24. The van der Waals surface area contributed by atoms with Crippen molar-refractivity contribution in [1.29, 1.82) is 0 Å². The fourth-order valence-electron chi connectivity index (χ4n) is 3.40. The van der Waals surface area contributed by atoms with Crippen LogP contribution in [0.15, 0.2) is 54.6 Å². The van der Waals surface area contributed by atoms with E-state index >= 15 is 0 Å². The molecule has 4 rings (SSSR count). The molecule has 2 amide bonds. The van der Waals surface area contributed by atoms with Gasteiger partial charge in [0.15, 0.2) is 0 Å². The predicted molar refractivity (Wildman–Crippen MR) is 126 cm³/mol. The lowest BCUT2D eigenvalue weighted by Gasteiger charge is -2.06. The van der Waals surface area contributed by atoms with Gasteiger partial charge in [0.2, 0.25) is 11.8 Å². The molecule has 0 saturated heterocycles. The first-order valence-corrected chi connectivity index (χ1v) is 11.0. The van der Waals surface area contributed by atoms with Gasteiger partial charge in [-0.15, -0.1) is 11.3 Å². The zero-order chi connectivity index (χ0) is 22.5. The molecule has 0 atom stereocenters. The van der Waals surface area contributed by atoms with Gasteiger partial charge in [0.05, 0.1) is 25.3 Å². The smallest absolute Gasteiger partial charge is 0.229 e. The maximum absolute atomic E-state index is 12.5. The fraction of sp³-hybridized carbons (Fsp3) is 0.208. The van der Waals surface area contributed by atoms with Gasteiger partial charge in [0, 0.05) is 11.4 Å². The summed E-state index contributed by atoms with van der Waals surface area (Å²) in [7, 11) is 1.62. The van der Waals surface area contributed by atoms with E-state index in [4.69, 9.17) is 4.74 Å². The number of aryl methyl sites for hydroxylation is 1. The third kappa shape index (κ3) is 5.33. The summed E-state index contributed by atoms with van der Waals surface area (Å²) in [5, 5.41) is 13.8. The Morgan fingerprint density at radius 2 is 1.84 bits per heavy atom. The highest BCUT2D eigenvalue weighted by Gasteiger charge is 2.15. The highest BCUT2D eigenvalue weighted by atomic mass is 32.1. The number of thiophene rings is 1. The van der Waals surface area contributed by atoms with Crippen molar-refractivity contribution >= 4 is 39.2 Å². The van der Waals surface area contributed by atoms with E-state index in [1.165, 1.54) is 11.3 Å². The molecule has 0 saturated carbocycles. The van der Waals surface area contributed by atoms with Crippen molar-refractivity contribution in [3.63, 3.8) is 0 Å². The standard InChI is InChI=1S/C24H24N4O3S/c1-15-4-3-5-17(10-15)11-22(30)26-23-20-12-19(32-24(20)28-27-23)13-21(29)25-14-16-6-8-18(31-2)9-7-16/h3-10,12H,11,13-14H2,1-2H3,(H,25,29)(H2,26,27,28,30). The summed E-state index contributed by atoms with van der Waals surface area (Å²) in [5.41, 5.74) is 3.07. The number of anilines is 1. The van der Waals surface area contributed by atoms with Crippen molar-refractivity contribution in [3.8, 4) is 5.75 Å². The molecule has 2 heterocycles. The molecule has 3 N–H and O–H groups in total. The molecule has 0 unspecified atom stereocenters. The van der Waals surface area contributed by atoms with Gasteiger partial charge in [-0.1, -0.05) is 42.0 Å². The van der Waals surface area contributed by atoms with Gasteiger partial charge in [0.25, 0.3) is 0 Å². The minimum atomic E-state index is -0.119. The number of nitrogens with zero attached hydrogens (tertiary/aromatic N) is 1. The summed E-state index contributed by atoms with van der Waals surface area (Å²) in [6.07, 6.45) is 0.542. The third-order valence-electron chi connectivity index (χ3n) is 5.00. The summed E-state index contributed by atoms with van der Waals surface area (Å²) in [4.78, 5) is 26.5. The van der Waals surface area contributed by atoms with Gasteiger partial charge >= 0.3 is 0 Å². The lowest BCUT2D eigenvalue weighted by molar-refractivity contribution is -0.120. The average Bonchev–Trinajstić information content (AvgIpc) is 3.33. The topological polar surface area (TPSA) is 96.1 Å². The Bertz CT molecular complexity index is 1240. The van der Waals surface area contributed by atoms with Crippen LogP contribution in [0.4, 0.5) is 5.82 Å². The number of rotatable bonds is 8.